The molecular weight excluding hydrogens is 346 g/mol. The van der Waals surface area contributed by atoms with Crippen LogP contribution in [0.4, 0.5) is 0 Å². The lowest BCUT2D eigenvalue weighted by Gasteiger charge is -2.14. The molecule has 26 heavy (non-hydrogen) atoms. The highest BCUT2D eigenvalue weighted by atomic mass is 32.2. The number of aryl methyl sites for hydroxylation is 2. The van der Waals surface area contributed by atoms with E-state index in [2.05, 4.69) is 28.6 Å². The summed E-state index contributed by atoms with van der Waals surface area (Å²) in [7, 11) is 0. The van der Waals surface area contributed by atoms with Gasteiger partial charge in [0, 0.05) is 10.6 Å². The smallest absolute Gasteiger partial charge is 0.230 e. The minimum atomic E-state index is 0.238. The minimum absolute atomic E-state index is 0.238. The lowest BCUT2D eigenvalue weighted by Crippen LogP contribution is -2.23. The molecule has 0 spiro atoms. The molecule has 0 unspecified atom stereocenters. The molecule has 1 aromatic heterocycles. The number of nitrogens with one attached hydrogen (secondary N) is 1. The highest BCUT2D eigenvalue weighted by Gasteiger charge is 2.18. The van der Waals surface area contributed by atoms with Gasteiger partial charge in [-0.2, -0.15) is 0 Å². The third-order valence-corrected chi connectivity index (χ3v) is 5.48. The van der Waals surface area contributed by atoms with E-state index in [9.17, 15) is 5.21 Å². The second-order valence-electron chi connectivity index (χ2n) is 6.57. The molecule has 6 heteroatoms. The Morgan fingerprint density at radius 3 is 2.65 bits per heavy atom. The number of hydroxylamine groups is 1. The second kappa shape index (κ2) is 8.56. The summed E-state index contributed by atoms with van der Waals surface area (Å²) in [5, 5.41) is 9.65. The van der Waals surface area contributed by atoms with Crippen molar-refractivity contribution in [3.8, 4) is 11.6 Å². The fraction of sp³-hybridized carbons (Fsp3) is 0.400. The number of hydrogen-bond acceptors (Lipinski definition) is 5. The zero-order valence-electron chi connectivity index (χ0n) is 15.5. The van der Waals surface area contributed by atoms with Crippen molar-refractivity contribution >= 4 is 17.6 Å². The van der Waals surface area contributed by atoms with Crippen molar-refractivity contribution in [2.45, 2.75) is 50.5 Å². The maximum absolute atomic E-state index is 9.65. The van der Waals surface area contributed by atoms with Gasteiger partial charge in [-0.25, -0.2) is 4.98 Å². The number of rotatable bonds is 5. The summed E-state index contributed by atoms with van der Waals surface area (Å²) >= 11 is 1.71. The molecular formula is C20H25N3O2S. The van der Waals surface area contributed by atoms with Crippen molar-refractivity contribution in [3.05, 3.63) is 47.2 Å². The van der Waals surface area contributed by atoms with Crippen LogP contribution in [0.3, 0.4) is 0 Å². The van der Waals surface area contributed by atoms with Gasteiger partial charge in [0.1, 0.15) is 5.75 Å². The first-order chi connectivity index (χ1) is 12.6. The Bertz CT molecular complexity index is 802. The minimum Gasteiger partial charge on any atom is -0.438 e. The Morgan fingerprint density at radius 1 is 1.23 bits per heavy atom. The number of ether oxygens (including phenoxy) is 1. The average Bonchev–Trinajstić information content (AvgIpc) is 3.14. The van der Waals surface area contributed by atoms with Crippen LogP contribution in [0, 0.1) is 13.8 Å². The van der Waals surface area contributed by atoms with Crippen LogP contribution >= 0.6 is 11.8 Å². The van der Waals surface area contributed by atoms with E-state index in [-0.39, 0.29) is 6.04 Å². The first-order valence-corrected chi connectivity index (χ1v) is 10.1. The van der Waals surface area contributed by atoms with Gasteiger partial charge in [0.15, 0.2) is 5.84 Å². The molecule has 0 bridgehead atoms. The molecule has 2 N–H and O–H groups in total. The van der Waals surface area contributed by atoms with Crippen molar-refractivity contribution in [2.75, 3.05) is 6.26 Å². The Kier molecular flexibility index (Phi) is 6.16. The van der Waals surface area contributed by atoms with Gasteiger partial charge in [0.05, 0.1) is 11.6 Å². The van der Waals surface area contributed by atoms with Crippen LogP contribution in [0.5, 0.6) is 11.6 Å². The van der Waals surface area contributed by atoms with E-state index < -0.39 is 0 Å². The quantitative estimate of drug-likeness (QED) is 0.339. The fourth-order valence-electron chi connectivity index (χ4n) is 3.19. The van der Waals surface area contributed by atoms with E-state index in [1.165, 1.54) is 17.7 Å². The molecule has 1 aliphatic carbocycles. The number of pyridine rings is 1. The lowest BCUT2D eigenvalue weighted by molar-refractivity contribution is 0.233. The number of aliphatic imine (C=N–C) groups is 1. The number of thioether (sulfide) groups is 1. The van der Waals surface area contributed by atoms with E-state index in [0.717, 1.165) is 29.8 Å². The Labute approximate surface area is 158 Å². The third-order valence-electron chi connectivity index (χ3n) is 4.58. The molecule has 0 radical (unpaired) electrons. The summed E-state index contributed by atoms with van der Waals surface area (Å²) < 4.78 is 6.07. The fourth-order valence-corrected chi connectivity index (χ4v) is 3.78. The number of aromatic nitrogens is 1. The predicted molar refractivity (Wildman–Crippen MR) is 106 cm³/mol. The Hall–Kier alpha value is -2.05. The zero-order valence-corrected chi connectivity index (χ0v) is 16.3. The SMILES string of the molecule is CSc1ccc(Oc2nc(C)ccc2C(=NC2CCCC2)NO)cc1C. The standard InChI is InChI=1S/C20H25N3O2S/c1-13-12-16(9-11-18(13)26-3)25-20-17(10-8-14(2)21-20)19(23-24)22-15-6-4-5-7-15/h8-12,15,24H,4-7H2,1-3H3,(H,22,23). The first-order valence-electron chi connectivity index (χ1n) is 8.89. The number of benzene rings is 1. The van der Waals surface area contributed by atoms with Gasteiger partial charge in [-0.15, -0.1) is 11.8 Å². The summed E-state index contributed by atoms with van der Waals surface area (Å²) in [6, 6.07) is 10.0. The zero-order chi connectivity index (χ0) is 18.5. The van der Waals surface area contributed by atoms with Crippen molar-refractivity contribution < 1.29 is 9.94 Å². The summed E-state index contributed by atoms with van der Waals surface area (Å²) in [6.45, 7) is 3.98. The molecule has 0 atom stereocenters. The highest BCUT2D eigenvalue weighted by molar-refractivity contribution is 7.98. The molecule has 1 aliphatic rings. The summed E-state index contributed by atoms with van der Waals surface area (Å²) in [6.07, 6.45) is 6.53. The second-order valence-corrected chi connectivity index (χ2v) is 7.41. The predicted octanol–water partition coefficient (Wildman–Crippen LogP) is 4.88. The van der Waals surface area contributed by atoms with Crippen molar-refractivity contribution in [3.63, 3.8) is 0 Å². The van der Waals surface area contributed by atoms with Crippen LogP contribution in [-0.4, -0.2) is 28.3 Å². The van der Waals surface area contributed by atoms with Gasteiger partial charge in [-0.05, 0) is 68.8 Å². The molecule has 0 saturated heterocycles. The van der Waals surface area contributed by atoms with E-state index in [0.29, 0.717) is 17.3 Å². The van der Waals surface area contributed by atoms with Gasteiger partial charge in [-0.1, -0.05) is 12.8 Å². The van der Waals surface area contributed by atoms with Crippen LogP contribution in [-0.2, 0) is 0 Å². The van der Waals surface area contributed by atoms with E-state index in [1.54, 1.807) is 11.8 Å². The number of hydrogen-bond donors (Lipinski definition) is 2. The van der Waals surface area contributed by atoms with Crippen LogP contribution in [0.25, 0.3) is 0 Å². The molecule has 0 aliphatic heterocycles. The molecule has 0 amide bonds. The van der Waals surface area contributed by atoms with Gasteiger partial charge in [0.25, 0.3) is 0 Å². The topological polar surface area (TPSA) is 66.7 Å². The lowest BCUT2D eigenvalue weighted by atomic mass is 10.2. The van der Waals surface area contributed by atoms with E-state index in [1.807, 2.05) is 37.3 Å². The van der Waals surface area contributed by atoms with Gasteiger partial charge in [-0.3, -0.25) is 15.7 Å². The summed E-state index contributed by atoms with van der Waals surface area (Å²) in [5.41, 5.74) is 4.91. The van der Waals surface area contributed by atoms with Crippen LogP contribution in [0.15, 0.2) is 40.2 Å². The van der Waals surface area contributed by atoms with Crippen LogP contribution in [0.1, 0.15) is 42.5 Å². The maximum atomic E-state index is 9.65. The molecule has 138 valence electrons. The summed E-state index contributed by atoms with van der Waals surface area (Å²) in [5.74, 6) is 1.58. The van der Waals surface area contributed by atoms with Crippen LogP contribution in [0.2, 0.25) is 0 Å². The monoisotopic (exact) mass is 371 g/mol. The molecule has 1 heterocycles. The highest BCUT2D eigenvalue weighted by Crippen LogP contribution is 2.29. The largest absolute Gasteiger partial charge is 0.438 e. The van der Waals surface area contributed by atoms with Crippen LogP contribution < -0.4 is 10.2 Å². The number of amidine groups is 1. The first kappa shape index (κ1) is 18.7. The van der Waals surface area contributed by atoms with E-state index in [4.69, 9.17) is 4.74 Å². The third kappa shape index (κ3) is 4.37. The van der Waals surface area contributed by atoms with Crippen molar-refractivity contribution in [1.82, 2.24) is 10.5 Å². The van der Waals surface area contributed by atoms with Crippen molar-refractivity contribution in [1.29, 1.82) is 0 Å². The normalized spacial score (nSPS) is 15.3. The maximum Gasteiger partial charge on any atom is 0.230 e. The molecule has 1 aromatic carbocycles. The number of nitrogens with zero attached hydrogens (tertiary/aromatic N) is 2. The van der Waals surface area contributed by atoms with Crippen molar-refractivity contribution in [2.24, 2.45) is 4.99 Å². The van der Waals surface area contributed by atoms with Gasteiger partial charge >= 0.3 is 0 Å². The summed E-state index contributed by atoms with van der Waals surface area (Å²) in [4.78, 5) is 10.4. The van der Waals surface area contributed by atoms with Gasteiger partial charge in [0.2, 0.25) is 5.88 Å². The Balaban J connectivity index is 1.93. The van der Waals surface area contributed by atoms with E-state index >= 15 is 0 Å². The molecule has 2 aromatic rings. The Morgan fingerprint density at radius 2 is 2.00 bits per heavy atom. The molecule has 5 nitrogen and oxygen atoms in total. The molecule has 1 fully saturated rings. The average molecular weight is 372 g/mol. The molecule has 3 rings (SSSR count). The van der Waals surface area contributed by atoms with Gasteiger partial charge < -0.3 is 4.74 Å². The molecule has 1 saturated carbocycles.